The third-order valence-electron chi connectivity index (χ3n) is 0.326. The molecule has 0 aliphatic carbocycles. The van der Waals surface area contributed by atoms with Gasteiger partial charge in [0.2, 0.25) is 0 Å². The molecule has 0 heterocycles. The summed E-state index contributed by atoms with van der Waals surface area (Å²) in [5, 5.41) is 0. The molecule has 0 aliphatic heterocycles. The van der Waals surface area contributed by atoms with Crippen LogP contribution in [0.15, 0.2) is 0 Å². The van der Waals surface area contributed by atoms with E-state index in [1.54, 1.807) is 19.6 Å². The Bertz CT molecular complexity index is 212. The quantitative estimate of drug-likeness (QED) is 0.710. The summed E-state index contributed by atoms with van der Waals surface area (Å²) in [6.07, 6.45) is 0. The molecule has 0 amide bonds. The maximum atomic E-state index is 10.0. The first-order valence-electron chi connectivity index (χ1n) is 2.32. The van der Waals surface area contributed by atoms with Crippen molar-refractivity contribution in [3.8, 4) is 0 Å². The summed E-state index contributed by atoms with van der Waals surface area (Å²) in [5.74, 6) is 0. The van der Waals surface area contributed by atoms with E-state index in [0.717, 1.165) is 0 Å². The van der Waals surface area contributed by atoms with Gasteiger partial charge in [0.25, 0.3) is 0 Å². The van der Waals surface area contributed by atoms with Crippen molar-refractivity contribution < 1.29 is 29.3 Å². The molecule has 0 spiro atoms. The van der Waals surface area contributed by atoms with E-state index in [0.29, 0.717) is 0 Å². The molecule has 0 saturated heterocycles. The molecule has 0 atom stereocenters. The molecule has 0 aromatic heterocycles. The number of hydrogen-bond donors (Lipinski definition) is 0. The van der Waals surface area contributed by atoms with Crippen LogP contribution in [0.5, 0.6) is 0 Å². The van der Waals surface area contributed by atoms with Crippen LogP contribution in [0.25, 0.3) is 0 Å². The minimum atomic E-state index is -5.56. The first kappa shape index (κ1) is 9.24. The summed E-state index contributed by atoms with van der Waals surface area (Å²) >= 11 is -5.56. The van der Waals surface area contributed by atoms with Gasteiger partial charge in [0.1, 0.15) is 0 Å². The van der Waals surface area contributed by atoms with Crippen molar-refractivity contribution >= 4 is 8.32 Å². The van der Waals surface area contributed by atoms with Gasteiger partial charge in [0, 0.05) is 0 Å². The van der Waals surface area contributed by atoms with Gasteiger partial charge < -0.3 is 0 Å². The standard InChI is InChI=1S/C3H9OSi.3O.Re/c1-5(2,3)4;;;;/h1-3H3;;;;/q-1;;;;+1. The summed E-state index contributed by atoms with van der Waals surface area (Å²) in [5.41, 5.74) is 0. The fourth-order valence-electron chi connectivity index (χ4n) is 0.283. The molecular formula is C3H9O4ReSi. The van der Waals surface area contributed by atoms with Crippen LogP contribution in [-0.4, -0.2) is 8.32 Å². The Hall–Kier alpha value is 0.239. The van der Waals surface area contributed by atoms with Gasteiger partial charge in [-0.1, -0.05) is 0 Å². The van der Waals surface area contributed by atoms with Crippen molar-refractivity contribution in [3.05, 3.63) is 0 Å². The predicted molar refractivity (Wildman–Crippen MR) is 26.5 cm³/mol. The fourth-order valence-corrected chi connectivity index (χ4v) is 6.96. The SMILES string of the molecule is C[Si](C)(C)[O][Re](=[O])(=[O])=[O]. The molecule has 0 unspecified atom stereocenters. The summed E-state index contributed by atoms with van der Waals surface area (Å²) in [6, 6.07) is 0. The van der Waals surface area contributed by atoms with Crippen LogP contribution in [0.4, 0.5) is 0 Å². The molecule has 9 heavy (non-hydrogen) atoms. The van der Waals surface area contributed by atoms with Crippen molar-refractivity contribution in [3.63, 3.8) is 0 Å². The molecule has 4 nitrogen and oxygen atoms in total. The fraction of sp³-hybridized carbons (Fsp3) is 1.00. The first-order chi connectivity index (χ1) is 3.71. The molecule has 0 bridgehead atoms. The van der Waals surface area contributed by atoms with Crippen LogP contribution >= 0.6 is 0 Å². The topological polar surface area (TPSA) is 60.4 Å². The molecule has 0 N–H and O–H groups in total. The van der Waals surface area contributed by atoms with Crippen molar-refractivity contribution in [1.82, 2.24) is 0 Å². The van der Waals surface area contributed by atoms with Crippen molar-refractivity contribution in [2.45, 2.75) is 19.6 Å². The van der Waals surface area contributed by atoms with Crippen LogP contribution < -0.4 is 0 Å². The van der Waals surface area contributed by atoms with Crippen molar-refractivity contribution in [1.29, 1.82) is 0 Å². The Labute approximate surface area is 57.7 Å². The van der Waals surface area contributed by atoms with Crippen LogP contribution in [0.3, 0.4) is 0 Å². The second kappa shape index (κ2) is 2.46. The van der Waals surface area contributed by atoms with Gasteiger partial charge >= 0.3 is 57.3 Å². The van der Waals surface area contributed by atoms with Gasteiger partial charge in [-0.25, -0.2) is 0 Å². The summed E-state index contributed by atoms with van der Waals surface area (Å²) in [4.78, 5) is 0. The van der Waals surface area contributed by atoms with E-state index >= 15 is 0 Å². The molecule has 0 fully saturated rings. The Balaban J connectivity index is 4.26. The Morgan fingerprint density at radius 3 is 1.44 bits per heavy atom. The number of rotatable bonds is 2. The van der Waals surface area contributed by atoms with Crippen LogP contribution in [-0.2, 0) is 29.3 Å². The second-order valence-corrected chi connectivity index (χ2v) is 11.3. The molecule has 0 aromatic rings. The summed E-state index contributed by atoms with van der Waals surface area (Å²) in [7, 11) is -2.14. The van der Waals surface area contributed by atoms with Crippen LogP contribution in [0.2, 0.25) is 19.6 Å². The van der Waals surface area contributed by atoms with E-state index < -0.39 is 24.1 Å². The molecule has 0 aromatic carbocycles. The van der Waals surface area contributed by atoms with Gasteiger partial charge in [0.15, 0.2) is 0 Å². The summed E-state index contributed by atoms with van der Waals surface area (Å²) in [6.45, 7) is 4.97. The molecule has 0 saturated carbocycles. The average Bonchev–Trinajstić information content (AvgIpc) is 1.14. The monoisotopic (exact) mass is 324 g/mol. The minimum absolute atomic E-state index is 1.66. The van der Waals surface area contributed by atoms with Crippen molar-refractivity contribution in [2.75, 3.05) is 0 Å². The van der Waals surface area contributed by atoms with Gasteiger partial charge in [-0.3, -0.25) is 0 Å². The predicted octanol–water partition coefficient (Wildman–Crippen LogP) is 0.943. The normalized spacial score (nSPS) is 13.7. The molecule has 0 radical (unpaired) electrons. The zero-order chi connectivity index (χ0) is 7.71. The van der Waals surface area contributed by atoms with E-state index in [2.05, 4.69) is 3.15 Å². The average molecular weight is 323 g/mol. The van der Waals surface area contributed by atoms with E-state index in [1.807, 2.05) is 0 Å². The first-order valence-corrected chi connectivity index (χ1v) is 10.2. The Kier molecular flexibility index (Phi) is 2.53. The zero-order valence-electron chi connectivity index (χ0n) is 5.51. The van der Waals surface area contributed by atoms with Gasteiger partial charge in [0.05, 0.1) is 0 Å². The van der Waals surface area contributed by atoms with Gasteiger partial charge in [-0.2, -0.15) is 0 Å². The van der Waals surface area contributed by atoms with E-state index in [4.69, 9.17) is 0 Å². The maximum absolute atomic E-state index is 10.0. The van der Waals surface area contributed by atoms with E-state index in [-0.39, 0.29) is 0 Å². The third-order valence-corrected chi connectivity index (χ3v) is 8.00. The van der Waals surface area contributed by atoms with Gasteiger partial charge in [-0.05, 0) is 0 Å². The molecule has 0 rings (SSSR count). The third kappa shape index (κ3) is 8.24. The van der Waals surface area contributed by atoms with Crippen LogP contribution in [0, 0.1) is 0 Å². The van der Waals surface area contributed by atoms with E-state index in [1.165, 1.54) is 0 Å². The number of hydrogen-bond acceptors (Lipinski definition) is 4. The Morgan fingerprint density at radius 2 is 1.44 bits per heavy atom. The Morgan fingerprint density at radius 1 is 1.11 bits per heavy atom. The zero-order valence-corrected chi connectivity index (χ0v) is 9.23. The molecule has 0 aliphatic rings. The molecular weight excluding hydrogens is 314 g/mol. The van der Waals surface area contributed by atoms with Gasteiger partial charge in [-0.15, -0.1) is 0 Å². The van der Waals surface area contributed by atoms with Crippen molar-refractivity contribution in [2.24, 2.45) is 0 Å². The van der Waals surface area contributed by atoms with Crippen LogP contribution in [0.1, 0.15) is 0 Å². The second-order valence-electron chi connectivity index (χ2n) is 2.57. The molecule has 56 valence electrons. The van der Waals surface area contributed by atoms with E-state index in [9.17, 15) is 10.4 Å². The molecule has 6 heteroatoms. The summed E-state index contributed by atoms with van der Waals surface area (Å²) < 4.78 is 34.4.